The van der Waals surface area contributed by atoms with Crippen molar-refractivity contribution < 1.29 is 18.9 Å². The highest BCUT2D eigenvalue weighted by molar-refractivity contribution is 5.85. The van der Waals surface area contributed by atoms with Crippen molar-refractivity contribution in [3.05, 3.63) is 152 Å². The standard InChI is InChI=1S/C65H100N2O4.2ClH/c1-51(2)23-15-24-52(3)25-16-26-53(4)27-17-28-54(5)29-18-30-55(6)31-19-32-56(7)33-20-34-57(8)35-21-36-58(9)37-22-38-59(10)43-45-67(50-61-40-42-63(69-12)48-65(61)71-14)46-44-66-49-60-39-41-62(68-11)47-64(60)70-13;;/h23,25,27,29,31,33,35,37,39-43,47-48,66H,15-22,24,26,28,30,32,34,36,38,44-46,49-50H2,1-14H3;2*1H/b52-25+,53-27+,54-29+,55-31+,56-33+,57-35+,58-37+,59-43+;;. The number of allylic oxidation sites excluding steroid dienone is 17. The molecule has 0 aliphatic rings. The number of nitrogens with zero attached hydrogens (tertiary/aromatic N) is 1. The highest BCUT2D eigenvalue weighted by Crippen LogP contribution is 2.27. The number of hydrogen-bond acceptors (Lipinski definition) is 6. The Kier molecular flexibility index (Phi) is 39.7. The van der Waals surface area contributed by atoms with Crippen LogP contribution in [0.2, 0.25) is 0 Å². The second-order valence-corrected chi connectivity index (χ2v) is 20.3. The van der Waals surface area contributed by atoms with Gasteiger partial charge in [-0.25, -0.2) is 0 Å². The van der Waals surface area contributed by atoms with Gasteiger partial charge in [0.15, 0.2) is 0 Å². The first-order valence-electron chi connectivity index (χ1n) is 26.9. The summed E-state index contributed by atoms with van der Waals surface area (Å²) in [5.41, 5.74) is 15.7. The van der Waals surface area contributed by atoms with Crippen LogP contribution >= 0.6 is 24.8 Å². The molecule has 0 saturated heterocycles. The molecule has 0 bridgehead atoms. The largest absolute Gasteiger partial charge is 0.497 e. The maximum Gasteiger partial charge on any atom is 0.127 e. The SMILES string of the molecule is COc1ccc(CNCCN(C/C=C(\C)CC/C=C(\C)CC/C=C(\C)CC/C=C(\C)CC/C=C(\C)CC/C=C(\C)CC/C=C(\C)CC/C=C(\C)CCC=C(C)C)Cc2ccc(OC)cc2OC)c(OC)c1.Cl.Cl. The first-order chi connectivity index (χ1) is 34.1. The summed E-state index contributed by atoms with van der Waals surface area (Å²) in [7, 11) is 6.79. The van der Waals surface area contributed by atoms with Crippen LogP contribution in [0.15, 0.2) is 141 Å². The van der Waals surface area contributed by atoms with Crippen LogP contribution in [0.1, 0.15) is 183 Å². The smallest absolute Gasteiger partial charge is 0.127 e. The molecule has 0 aliphatic carbocycles. The average Bonchev–Trinajstić information content (AvgIpc) is 3.34. The van der Waals surface area contributed by atoms with E-state index >= 15 is 0 Å². The van der Waals surface area contributed by atoms with E-state index in [1.54, 1.807) is 28.4 Å². The van der Waals surface area contributed by atoms with E-state index in [0.29, 0.717) is 6.54 Å². The molecule has 2 aromatic carbocycles. The maximum atomic E-state index is 5.76. The summed E-state index contributed by atoms with van der Waals surface area (Å²) in [4.78, 5) is 2.47. The zero-order valence-corrected chi connectivity index (χ0v) is 50.0. The van der Waals surface area contributed by atoms with Gasteiger partial charge in [-0.1, -0.05) is 117 Å². The quantitative estimate of drug-likeness (QED) is 0.0538. The van der Waals surface area contributed by atoms with Crippen molar-refractivity contribution in [2.45, 2.75) is 185 Å². The lowest BCUT2D eigenvalue weighted by molar-refractivity contribution is 0.285. The first-order valence-corrected chi connectivity index (χ1v) is 26.9. The normalized spacial score (nSPS) is 13.2. The number of methoxy groups -OCH3 is 4. The molecule has 0 radical (unpaired) electrons. The van der Waals surface area contributed by atoms with Gasteiger partial charge in [-0.2, -0.15) is 0 Å². The lowest BCUT2D eigenvalue weighted by Crippen LogP contribution is -2.32. The molecule has 0 amide bonds. The van der Waals surface area contributed by atoms with Gasteiger partial charge in [0.25, 0.3) is 0 Å². The molecule has 0 aromatic heterocycles. The minimum Gasteiger partial charge on any atom is -0.497 e. The maximum absolute atomic E-state index is 5.76. The number of ether oxygens (including phenoxy) is 4. The Morgan fingerprint density at radius 1 is 0.411 bits per heavy atom. The van der Waals surface area contributed by atoms with E-state index in [0.717, 1.165) is 144 Å². The molecule has 73 heavy (non-hydrogen) atoms. The third-order valence-electron chi connectivity index (χ3n) is 13.3. The fraction of sp³-hybridized carbons (Fsp3) is 0.538. The van der Waals surface area contributed by atoms with Crippen LogP contribution in [-0.4, -0.2) is 53.0 Å². The monoisotopic (exact) mass is 1040 g/mol. The molecule has 6 nitrogen and oxygen atoms in total. The third kappa shape index (κ3) is 33.4. The molecule has 0 fully saturated rings. The molecule has 2 aromatic rings. The Morgan fingerprint density at radius 2 is 0.726 bits per heavy atom. The highest BCUT2D eigenvalue weighted by atomic mass is 35.5. The first kappa shape index (κ1) is 68.8. The van der Waals surface area contributed by atoms with Gasteiger partial charge in [-0.3, -0.25) is 4.90 Å². The summed E-state index contributed by atoms with van der Waals surface area (Å²) >= 11 is 0. The zero-order chi connectivity index (χ0) is 52.2. The Hall–Kier alpha value is -4.20. The van der Waals surface area contributed by atoms with Gasteiger partial charge >= 0.3 is 0 Å². The van der Waals surface area contributed by atoms with Gasteiger partial charge in [0.05, 0.1) is 28.4 Å². The molecule has 0 spiro atoms. The van der Waals surface area contributed by atoms with E-state index in [-0.39, 0.29) is 24.8 Å². The van der Waals surface area contributed by atoms with Crippen LogP contribution < -0.4 is 24.3 Å². The van der Waals surface area contributed by atoms with Crippen molar-refractivity contribution in [2.24, 2.45) is 0 Å². The highest BCUT2D eigenvalue weighted by Gasteiger charge is 2.12. The topological polar surface area (TPSA) is 52.2 Å². The van der Waals surface area contributed by atoms with Crippen molar-refractivity contribution in [1.82, 2.24) is 10.2 Å². The molecule has 8 heteroatoms. The van der Waals surface area contributed by atoms with E-state index in [9.17, 15) is 0 Å². The summed E-state index contributed by atoms with van der Waals surface area (Å²) < 4.78 is 22.2. The molecule has 1 N–H and O–H groups in total. The number of hydrogen-bond donors (Lipinski definition) is 1. The second-order valence-electron chi connectivity index (χ2n) is 20.3. The summed E-state index contributed by atoms with van der Waals surface area (Å²) in [6.45, 7) is 26.8. The van der Waals surface area contributed by atoms with Crippen molar-refractivity contribution in [2.75, 3.05) is 48.1 Å². The molecule has 0 aliphatic heterocycles. The molecule has 0 atom stereocenters. The van der Waals surface area contributed by atoms with Gasteiger partial charge in [-0.05, 0) is 184 Å². The Labute approximate surface area is 460 Å². The predicted octanol–water partition coefficient (Wildman–Crippen LogP) is 18.9. The van der Waals surface area contributed by atoms with E-state index < -0.39 is 0 Å². The molecule has 0 unspecified atom stereocenters. The van der Waals surface area contributed by atoms with Crippen LogP contribution in [0.5, 0.6) is 23.0 Å². The fourth-order valence-electron chi connectivity index (χ4n) is 8.43. The van der Waals surface area contributed by atoms with Crippen LogP contribution in [0.3, 0.4) is 0 Å². The van der Waals surface area contributed by atoms with Gasteiger partial charge in [0.2, 0.25) is 0 Å². The number of rotatable bonds is 37. The van der Waals surface area contributed by atoms with Crippen molar-refractivity contribution >= 4 is 24.8 Å². The molecule has 0 saturated carbocycles. The summed E-state index contributed by atoms with van der Waals surface area (Å²) in [6, 6.07) is 12.1. The second kappa shape index (κ2) is 42.1. The van der Waals surface area contributed by atoms with E-state index in [1.807, 2.05) is 24.3 Å². The van der Waals surface area contributed by atoms with E-state index in [4.69, 9.17) is 18.9 Å². The average molecular weight is 1050 g/mol. The van der Waals surface area contributed by atoms with Crippen LogP contribution in [0.25, 0.3) is 0 Å². The van der Waals surface area contributed by atoms with Gasteiger partial charge in [0.1, 0.15) is 23.0 Å². The van der Waals surface area contributed by atoms with Gasteiger partial charge in [0, 0.05) is 56.0 Å². The minimum absolute atomic E-state index is 0. The Morgan fingerprint density at radius 3 is 1.05 bits per heavy atom. The molecule has 410 valence electrons. The molecular formula is C65H102Cl2N2O4. The van der Waals surface area contributed by atoms with Crippen molar-refractivity contribution in [3.63, 3.8) is 0 Å². The predicted molar refractivity (Wildman–Crippen MR) is 324 cm³/mol. The lowest BCUT2D eigenvalue weighted by Gasteiger charge is -2.23. The number of halogens is 2. The Bertz CT molecular complexity index is 2130. The molecule has 0 heterocycles. The summed E-state index contributed by atoms with van der Waals surface area (Å²) in [5.74, 6) is 3.26. The van der Waals surface area contributed by atoms with Gasteiger partial charge in [-0.15, -0.1) is 24.8 Å². The van der Waals surface area contributed by atoms with Crippen molar-refractivity contribution in [1.29, 1.82) is 0 Å². The van der Waals surface area contributed by atoms with Crippen LogP contribution in [-0.2, 0) is 13.1 Å². The Balaban J connectivity index is 0.0000259. The van der Waals surface area contributed by atoms with Gasteiger partial charge < -0.3 is 24.3 Å². The number of benzene rings is 2. The van der Waals surface area contributed by atoms with Crippen LogP contribution in [0, 0.1) is 0 Å². The number of nitrogens with one attached hydrogen (secondary N) is 1. The summed E-state index contributed by atoms with van der Waals surface area (Å²) in [6.07, 6.45) is 40.1. The fourth-order valence-corrected chi connectivity index (χ4v) is 8.43. The van der Waals surface area contributed by atoms with Crippen LogP contribution in [0.4, 0.5) is 0 Å². The molecular weight excluding hydrogens is 944 g/mol. The molecule has 2 rings (SSSR count). The van der Waals surface area contributed by atoms with E-state index in [1.165, 1.54) is 69.4 Å². The van der Waals surface area contributed by atoms with E-state index in [2.05, 4.69) is 146 Å². The minimum atomic E-state index is 0. The zero-order valence-electron chi connectivity index (χ0n) is 48.4. The van der Waals surface area contributed by atoms with Crippen molar-refractivity contribution in [3.8, 4) is 23.0 Å². The third-order valence-corrected chi connectivity index (χ3v) is 13.3. The lowest BCUT2D eigenvalue weighted by atomic mass is 10.0. The summed E-state index contributed by atoms with van der Waals surface area (Å²) in [5, 5.41) is 3.62.